The second-order valence-corrected chi connectivity index (χ2v) is 8.63. The van der Waals surface area contributed by atoms with Crippen LogP contribution in [0.5, 0.6) is 0 Å². The highest BCUT2D eigenvalue weighted by molar-refractivity contribution is 5.78. The first-order valence-corrected chi connectivity index (χ1v) is 12.0. The van der Waals surface area contributed by atoms with Gasteiger partial charge in [-0.3, -0.25) is 14.9 Å². The Bertz CT molecular complexity index is 1290. The molecule has 1 fully saturated rings. The zero-order valence-electron chi connectivity index (χ0n) is 19.7. The van der Waals surface area contributed by atoms with Crippen molar-refractivity contribution in [2.24, 2.45) is 0 Å². The van der Waals surface area contributed by atoms with E-state index in [-0.39, 0.29) is 22.9 Å². The largest absolute Gasteiger partial charge is 0.440 e. The van der Waals surface area contributed by atoms with E-state index in [0.717, 1.165) is 16.8 Å². The molecular formula is C28H26N4O4. The van der Waals surface area contributed by atoms with Crippen molar-refractivity contribution in [2.75, 3.05) is 31.1 Å². The van der Waals surface area contributed by atoms with Gasteiger partial charge >= 0.3 is 0 Å². The molecule has 0 N–H and O–H groups in total. The molecule has 1 aromatic heterocycles. The summed E-state index contributed by atoms with van der Waals surface area (Å²) >= 11 is 0. The molecule has 1 saturated heterocycles. The van der Waals surface area contributed by atoms with Gasteiger partial charge in [0, 0.05) is 56.2 Å². The summed E-state index contributed by atoms with van der Waals surface area (Å²) in [4.78, 5) is 32.5. The number of carbonyl (C=O) groups excluding carboxylic acids is 1. The summed E-state index contributed by atoms with van der Waals surface area (Å²) in [6.45, 7) is 2.12. The molecule has 0 aliphatic carbocycles. The molecule has 0 atom stereocenters. The van der Waals surface area contributed by atoms with Gasteiger partial charge in [0.2, 0.25) is 5.91 Å². The molecule has 0 unspecified atom stereocenters. The van der Waals surface area contributed by atoms with Gasteiger partial charge in [-0.15, -0.1) is 0 Å². The molecule has 182 valence electrons. The summed E-state index contributed by atoms with van der Waals surface area (Å²) < 4.78 is 6.15. The first kappa shape index (κ1) is 23.3. The van der Waals surface area contributed by atoms with E-state index in [9.17, 15) is 14.9 Å². The summed E-state index contributed by atoms with van der Waals surface area (Å²) in [7, 11) is 0. The van der Waals surface area contributed by atoms with Crippen molar-refractivity contribution in [3.05, 3.63) is 101 Å². The van der Waals surface area contributed by atoms with E-state index < -0.39 is 0 Å². The molecule has 3 aromatic carbocycles. The van der Waals surface area contributed by atoms with Gasteiger partial charge in [-0.25, -0.2) is 4.98 Å². The Labute approximate surface area is 208 Å². The standard InChI is InChI=1S/C28H26N4O4/c33-26(31-19-17-30(18-20-31)23-13-7-8-14-24(23)32(34)35)16-15-25-29-27(21-9-3-1-4-10-21)28(36-25)22-11-5-2-6-12-22/h1-14H,15-20H2. The van der Waals surface area contributed by atoms with E-state index in [1.165, 1.54) is 6.07 Å². The number of amides is 1. The number of aromatic nitrogens is 1. The fourth-order valence-electron chi connectivity index (χ4n) is 4.50. The average molecular weight is 483 g/mol. The minimum atomic E-state index is -0.364. The fourth-order valence-corrected chi connectivity index (χ4v) is 4.50. The number of nitro benzene ring substituents is 1. The molecule has 1 amide bonds. The average Bonchev–Trinajstić information content (AvgIpc) is 3.37. The van der Waals surface area contributed by atoms with Crippen LogP contribution in [0.2, 0.25) is 0 Å². The van der Waals surface area contributed by atoms with Crippen molar-refractivity contribution in [3.63, 3.8) is 0 Å². The normalized spacial score (nSPS) is 13.6. The quantitative estimate of drug-likeness (QED) is 0.266. The van der Waals surface area contributed by atoms with E-state index >= 15 is 0 Å². The Morgan fingerprint density at radius 1 is 0.861 bits per heavy atom. The lowest BCUT2D eigenvalue weighted by Crippen LogP contribution is -2.49. The number of benzene rings is 3. The van der Waals surface area contributed by atoms with Gasteiger partial charge < -0.3 is 14.2 Å². The molecule has 8 heteroatoms. The number of nitrogens with zero attached hydrogens (tertiary/aromatic N) is 4. The topological polar surface area (TPSA) is 92.7 Å². The highest BCUT2D eigenvalue weighted by Crippen LogP contribution is 2.33. The molecule has 5 rings (SSSR count). The van der Waals surface area contributed by atoms with Crippen molar-refractivity contribution < 1.29 is 14.1 Å². The molecule has 8 nitrogen and oxygen atoms in total. The van der Waals surface area contributed by atoms with Gasteiger partial charge in [0.25, 0.3) is 5.69 Å². The first-order chi connectivity index (χ1) is 17.6. The van der Waals surface area contributed by atoms with Crippen molar-refractivity contribution in [1.29, 1.82) is 0 Å². The van der Waals surface area contributed by atoms with Crippen molar-refractivity contribution in [1.82, 2.24) is 9.88 Å². The van der Waals surface area contributed by atoms with Crippen molar-refractivity contribution in [3.8, 4) is 22.6 Å². The van der Waals surface area contributed by atoms with E-state index in [1.807, 2.05) is 70.5 Å². The molecule has 0 bridgehead atoms. The minimum absolute atomic E-state index is 0.0259. The van der Waals surface area contributed by atoms with Gasteiger partial charge in [0.15, 0.2) is 11.7 Å². The maximum atomic E-state index is 13.0. The van der Waals surface area contributed by atoms with Crippen LogP contribution in [0.4, 0.5) is 11.4 Å². The predicted octanol–water partition coefficient (Wildman–Crippen LogP) is 5.20. The molecular weight excluding hydrogens is 456 g/mol. The lowest BCUT2D eigenvalue weighted by Gasteiger charge is -2.35. The Morgan fingerprint density at radius 3 is 2.14 bits per heavy atom. The lowest BCUT2D eigenvalue weighted by molar-refractivity contribution is -0.384. The number of aryl methyl sites for hydroxylation is 1. The Kier molecular flexibility index (Phi) is 6.75. The van der Waals surface area contributed by atoms with Gasteiger partial charge in [0.1, 0.15) is 11.4 Å². The minimum Gasteiger partial charge on any atom is -0.440 e. The molecule has 2 heterocycles. The van der Waals surface area contributed by atoms with Crippen LogP contribution in [0.1, 0.15) is 12.3 Å². The number of oxazole rings is 1. The monoisotopic (exact) mass is 482 g/mol. The highest BCUT2D eigenvalue weighted by Gasteiger charge is 2.26. The van der Waals surface area contributed by atoms with Crippen LogP contribution in [-0.4, -0.2) is 46.9 Å². The molecule has 0 saturated carbocycles. The third-order valence-corrected chi connectivity index (χ3v) is 6.36. The van der Waals surface area contributed by atoms with Crippen LogP contribution in [0.3, 0.4) is 0 Å². The Morgan fingerprint density at radius 2 is 1.47 bits per heavy atom. The van der Waals surface area contributed by atoms with Crippen LogP contribution < -0.4 is 4.90 Å². The molecule has 4 aromatic rings. The van der Waals surface area contributed by atoms with Gasteiger partial charge in [-0.1, -0.05) is 72.8 Å². The number of para-hydroxylation sites is 2. The van der Waals surface area contributed by atoms with Crippen LogP contribution >= 0.6 is 0 Å². The smallest absolute Gasteiger partial charge is 0.292 e. The highest BCUT2D eigenvalue weighted by atomic mass is 16.6. The van der Waals surface area contributed by atoms with Gasteiger partial charge in [-0.05, 0) is 6.07 Å². The molecule has 1 aliphatic heterocycles. The second kappa shape index (κ2) is 10.4. The second-order valence-electron chi connectivity index (χ2n) is 8.63. The summed E-state index contributed by atoms with van der Waals surface area (Å²) in [5, 5.41) is 11.4. The third-order valence-electron chi connectivity index (χ3n) is 6.36. The van der Waals surface area contributed by atoms with Gasteiger partial charge in [-0.2, -0.15) is 0 Å². The third kappa shape index (κ3) is 4.98. The molecule has 0 radical (unpaired) electrons. The maximum Gasteiger partial charge on any atom is 0.292 e. The van der Waals surface area contributed by atoms with Crippen molar-refractivity contribution >= 4 is 17.3 Å². The van der Waals surface area contributed by atoms with E-state index in [4.69, 9.17) is 9.40 Å². The Hall–Kier alpha value is -4.46. The Balaban J connectivity index is 1.25. The van der Waals surface area contributed by atoms with Crippen LogP contribution in [0.25, 0.3) is 22.6 Å². The maximum absolute atomic E-state index is 13.0. The number of anilines is 1. The van der Waals surface area contributed by atoms with E-state index in [2.05, 4.69) is 0 Å². The number of hydrogen-bond donors (Lipinski definition) is 0. The van der Waals surface area contributed by atoms with E-state index in [0.29, 0.717) is 49.9 Å². The summed E-state index contributed by atoms with van der Waals surface area (Å²) in [6.07, 6.45) is 0.685. The molecule has 1 aliphatic rings. The zero-order valence-corrected chi connectivity index (χ0v) is 19.7. The first-order valence-electron chi connectivity index (χ1n) is 12.0. The van der Waals surface area contributed by atoms with Gasteiger partial charge in [0.05, 0.1) is 4.92 Å². The SMILES string of the molecule is O=C(CCc1nc(-c2ccccc2)c(-c2ccccc2)o1)N1CCN(c2ccccc2[N+](=O)[O-])CC1. The summed E-state index contributed by atoms with van der Waals surface area (Å²) in [5.41, 5.74) is 3.35. The lowest BCUT2D eigenvalue weighted by atomic mass is 10.1. The number of piperazine rings is 1. The van der Waals surface area contributed by atoms with E-state index in [1.54, 1.807) is 18.2 Å². The molecule has 36 heavy (non-hydrogen) atoms. The number of nitro groups is 1. The summed E-state index contributed by atoms with van der Waals surface area (Å²) in [6, 6.07) is 26.4. The van der Waals surface area contributed by atoms with Crippen LogP contribution in [0, 0.1) is 10.1 Å². The number of rotatable bonds is 7. The predicted molar refractivity (Wildman–Crippen MR) is 138 cm³/mol. The summed E-state index contributed by atoms with van der Waals surface area (Å²) in [5.74, 6) is 1.25. The fraction of sp³-hybridized carbons (Fsp3) is 0.214. The van der Waals surface area contributed by atoms with Crippen LogP contribution in [-0.2, 0) is 11.2 Å². The van der Waals surface area contributed by atoms with Crippen LogP contribution in [0.15, 0.2) is 89.3 Å². The van der Waals surface area contributed by atoms with Crippen molar-refractivity contribution in [2.45, 2.75) is 12.8 Å². The number of carbonyl (C=O) groups is 1. The molecule has 0 spiro atoms. The number of hydrogen-bond acceptors (Lipinski definition) is 6. The zero-order chi connectivity index (χ0) is 24.9.